The molecule has 0 radical (unpaired) electrons. The van der Waals surface area contributed by atoms with Gasteiger partial charge in [0, 0.05) is 24.9 Å². The number of esters is 6. The number of aliphatic hydroxyl groups excluding tert-OH is 1. The van der Waals surface area contributed by atoms with Gasteiger partial charge in [0.1, 0.15) is 29.5 Å². The summed E-state index contributed by atoms with van der Waals surface area (Å²) in [7, 11) is 1.50. The first-order valence-corrected chi connectivity index (χ1v) is 26.3. The monoisotopic (exact) mass is 1050 g/mol. The van der Waals surface area contributed by atoms with Gasteiger partial charge in [-0.2, -0.15) is 0 Å². The predicted molar refractivity (Wildman–Crippen MR) is 263 cm³/mol. The molecule has 7 aliphatic rings. The Bertz CT molecular complexity index is 2080. The van der Waals surface area contributed by atoms with E-state index >= 15 is 0 Å². The van der Waals surface area contributed by atoms with Crippen molar-refractivity contribution in [2.24, 2.45) is 68.0 Å². The van der Waals surface area contributed by atoms with Crippen LogP contribution in [0.4, 0.5) is 0 Å². The summed E-state index contributed by atoms with van der Waals surface area (Å²) in [5.74, 6) is -6.70. The molecule has 0 aromatic heterocycles. The van der Waals surface area contributed by atoms with Crippen molar-refractivity contribution in [3.8, 4) is 0 Å². The van der Waals surface area contributed by atoms with E-state index in [-0.39, 0.29) is 73.8 Å². The number of cyclic esters (lactones) is 2. The summed E-state index contributed by atoms with van der Waals surface area (Å²) < 4.78 is 45.0. The Morgan fingerprint density at radius 2 is 0.919 bits per heavy atom. The third-order valence-corrected chi connectivity index (χ3v) is 16.9. The molecule has 0 spiro atoms. The van der Waals surface area contributed by atoms with Gasteiger partial charge >= 0.3 is 47.8 Å². The van der Waals surface area contributed by atoms with Crippen LogP contribution < -0.4 is 0 Å². The summed E-state index contributed by atoms with van der Waals surface area (Å²) in [6.45, 7) is 27.7. The Morgan fingerprint density at radius 1 is 0.514 bits per heavy atom. The third kappa shape index (κ3) is 12.2. The minimum Gasteiger partial charge on any atom is -0.481 e. The van der Waals surface area contributed by atoms with Crippen molar-refractivity contribution in [3.05, 3.63) is 0 Å². The number of carbonyl (C=O) groups excluding carboxylic acids is 6. The quantitative estimate of drug-likeness (QED) is 0.0878. The lowest BCUT2D eigenvalue weighted by Gasteiger charge is -2.50. The predicted octanol–water partition coefficient (Wildman–Crippen LogP) is 6.88. The molecule has 0 aromatic carbocycles. The normalized spacial score (nSPS) is 32.4. The highest BCUT2D eigenvalue weighted by atomic mass is 16.6. The molecule has 16 unspecified atom stereocenters. The summed E-state index contributed by atoms with van der Waals surface area (Å²) >= 11 is 0. The fourth-order valence-electron chi connectivity index (χ4n) is 12.9. The standard InChI is InChI=1S/C28H44O9.C27H42O10/c1-9-27(7,24(34)37-25(2,3)4)14-28(8,22(31)32)13-26(5,6)23(33)36-20-16-11-10-15(19(20)29)17-12-35-21(30)18(16)17;1-10-26(7,23(32)37-24(2,3)4)13-27(8,21(29)30)12-25(5,6)22(31)36-19-17-15-14(11-34-20(15)28)16(35-17)18(19)33-9/h15-20,29H,9-14H2,1-8H3,(H,31,32);14-19H,10-13H2,1-9H3,(H,29,30). The number of rotatable bonds is 19. The minimum atomic E-state index is -1.44. The summed E-state index contributed by atoms with van der Waals surface area (Å²) in [6.07, 6.45) is -2.26. The molecule has 19 nitrogen and oxygen atoms in total. The maximum absolute atomic E-state index is 13.5. The van der Waals surface area contributed by atoms with Crippen LogP contribution in [0.5, 0.6) is 0 Å². The van der Waals surface area contributed by atoms with Gasteiger partial charge in [0.05, 0.1) is 69.7 Å². The molecule has 420 valence electrons. The molecule has 19 heteroatoms. The molecule has 4 aliphatic heterocycles. The zero-order valence-electron chi connectivity index (χ0n) is 46.9. The zero-order chi connectivity index (χ0) is 56.3. The van der Waals surface area contributed by atoms with E-state index in [0.717, 1.165) is 6.42 Å². The molecule has 4 saturated heterocycles. The van der Waals surface area contributed by atoms with Gasteiger partial charge in [-0.25, -0.2) is 0 Å². The lowest BCUT2D eigenvalue weighted by atomic mass is 9.57. The molecule has 7 rings (SSSR count). The van der Waals surface area contributed by atoms with Crippen molar-refractivity contribution in [3.63, 3.8) is 0 Å². The van der Waals surface area contributed by atoms with Crippen LogP contribution in [0, 0.1) is 68.0 Å². The summed E-state index contributed by atoms with van der Waals surface area (Å²) in [4.78, 5) is 103. The molecule has 3 N–H and O–H groups in total. The molecule has 7 fully saturated rings. The summed E-state index contributed by atoms with van der Waals surface area (Å²) in [6, 6.07) is 0. The van der Waals surface area contributed by atoms with E-state index in [4.69, 9.17) is 37.9 Å². The third-order valence-electron chi connectivity index (χ3n) is 16.9. The maximum Gasteiger partial charge on any atom is 0.312 e. The second-order valence-electron chi connectivity index (χ2n) is 26.6. The van der Waals surface area contributed by atoms with Gasteiger partial charge in [-0.05, 0) is 154 Å². The smallest absolute Gasteiger partial charge is 0.312 e. The molecule has 16 atom stereocenters. The van der Waals surface area contributed by atoms with Crippen LogP contribution in [-0.4, -0.2) is 131 Å². The largest absolute Gasteiger partial charge is 0.481 e. The molecule has 4 bridgehead atoms. The van der Waals surface area contributed by atoms with Gasteiger partial charge in [0.2, 0.25) is 0 Å². The first-order valence-electron chi connectivity index (χ1n) is 26.3. The van der Waals surface area contributed by atoms with Crippen molar-refractivity contribution < 1.29 is 91.6 Å². The highest BCUT2D eigenvalue weighted by molar-refractivity contribution is 5.84. The van der Waals surface area contributed by atoms with Gasteiger partial charge in [-0.15, -0.1) is 0 Å². The lowest BCUT2D eigenvalue weighted by molar-refractivity contribution is -0.200. The molecule has 3 aliphatic carbocycles. The van der Waals surface area contributed by atoms with Gasteiger partial charge in [0.15, 0.2) is 6.10 Å². The number of hydrogen-bond acceptors (Lipinski definition) is 17. The number of carboxylic acid groups (broad SMARTS) is 2. The summed E-state index contributed by atoms with van der Waals surface area (Å²) in [5, 5.41) is 31.5. The van der Waals surface area contributed by atoms with Crippen LogP contribution in [-0.2, 0) is 76.3 Å². The molecular formula is C55H86O19. The van der Waals surface area contributed by atoms with Crippen LogP contribution in [0.25, 0.3) is 0 Å². The van der Waals surface area contributed by atoms with Crippen molar-refractivity contribution >= 4 is 47.8 Å². The Balaban J connectivity index is 0.000000274. The number of aliphatic carboxylic acids is 2. The molecule has 3 saturated carbocycles. The first-order chi connectivity index (χ1) is 33.7. The van der Waals surface area contributed by atoms with E-state index in [1.807, 2.05) is 13.8 Å². The second kappa shape index (κ2) is 21.2. The van der Waals surface area contributed by atoms with E-state index in [1.165, 1.54) is 7.11 Å². The second-order valence-corrected chi connectivity index (χ2v) is 26.6. The van der Waals surface area contributed by atoms with Gasteiger partial charge in [-0.3, -0.25) is 38.4 Å². The highest BCUT2D eigenvalue weighted by Gasteiger charge is 2.67. The van der Waals surface area contributed by atoms with Crippen molar-refractivity contribution in [1.82, 2.24) is 0 Å². The number of fused-ring (bicyclic) bond motifs is 7. The topological polar surface area (TPSA) is 271 Å². The van der Waals surface area contributed by atoms with E-state index < -0.39 is 122 Å². The number of methoxy groups -OCH3 is 1. The number of carboxylic acids is 2. The molecule has 0 aromatic rings. The van der Waals surface area contributed by atoms with E-state index in [2.05, 4.69) is 0 Å². The number of ether oxygens (including phenoxy) is 8. The Labute approximate surface area is 436 Å². The van der Waals surface area contributed by atoms with Crippen molar-refractivity contribution in [2.45, 2.75) is 210 Å². The summed E-state index contributed by atoms with van der Waals surface area (Å²) in [5.41, 5.74) is -8.92. The Morgan fingerprint density at radius 3 is 1.32 bits per heavy atom. The number of carbonyl (C=O) groups is 8. The Hall–Kier alpha value is -4.36. The van der Waals surface area contributed by atoms with E-state index in [0.29, 0.717) is 25.9 Å². The molecule has 0 amide bonds. The SMILES string of the molecule is CCC(C)(CC(C)(CC(C)(C)C(=O)OC1C(O)C2CCC1C1C(=O)OCC21)C(=O)O)C(=O)OC(C)(C)C.CCC(C)(CC(C)(CC(C)(C)C(=O)OC1C(OC)C2OC1C1C(=O)OCC21)C(=O)O)C(=O)OC(C)(C)C. The maximum atomic E-state index is 13.5. The number of hydrogen-bond donors (Lipinski definition) is 3. The van der Waals surface area contributed by atoms with Crippen LogP contribution in [0.2, 0.25) is 0 Å². The average Bonchev–Trinajstić information content (AvgIpc) is 4.05. The van der Waals surface area contributed by atoms with Crippen molar-refractivity contribution in [2.75, 3.05) is 20.3 Å². The minimum absolute atomic E-state index is 0.0228. The molecule has 4 heterocycles. The fourth-order valence-corrected chi connectivity index (χ4v) is 12.9. The fraction of sp³-hybridized carbons (Fsp3) is 0.855. The molecular weight excluding hydrogens is 965 g/mol. The lowest BCUT2D eigenvalue weighted by Crippen LogP contribution is -2.59. The van der Waals surface area contributed by atoms with E-state index in [1.54, 1.807) is 96.9 Å². The highest BCUT2D eigenvalue weighted by Crippen LogP contribution is 2.55. The average molecular weight is 1050 g/mol. The van der Waals surface area contributed by atoms with E-state index in [9.17, 15) is 53.7 Å². The zero-order valence-corrected chi connectivity index (χ0v) is 46.9. The van der Waals surface area contributed by atoms with Crippen molar-refractivity contribution in [1.29, 1.82) is 0 Å². The van der Waals surface area contributed by atoms with Crippen LogP contribution in [0.15, 0.2) is 0 Å². The van der Waals surface area contributed by atoms with Crippen LogP contribution >= 0.6 is 0 Å². The number of aliphatic hydroxyl groups is 1. The van der Waals surface area contributed by atoms with Crippen LogP contribution in [0.3, 0.4) is 0 Å². The van der Waals surface area contributed by atoms with Gasteiger partial charge in [-0.1, -0.05) is 13.8 Å². The van der Waals surface area contributed by atoms with Gasteiger partial charge < -0.3 is 53.2 Å². The molecule has 74 heavy (non-hydrogen) atoms. The van der Waals surface area contributed by atoms with Gasteiger partial charge in [0.25, 0.3) is 0 Å². The first kappa shape index (κ1) is 60.5. The van der Waals surface area contributed by atoms with Crippen LogP contribution in [0.1, 0.15) is 162 Å². The Kier molecular flexibility index (Phi) is 17.4.